The van der Waals surface area contributed by atoms with E-state index >= 15 is 0 Å². The van der Waals surface area contributed by atoms with Crippen LogP contribution in [0.2, 0.25) is 0 Å². The minimum absolute atomic E-state index is 1.08. The summed E-state index contributed by atoms with van der Waals surface area (Å²) in [6.45, 7) is 0. The topological polar surface area (TPSA) is 0 Å². The highest BCUT2D eigenvalue weighted by molar-refractivity contribution is 7.98. The highest BCUT2D eigenvalue weighted by Gasteiger charge is 2.11. The molecule has 0 N–H and O–H groups in total. The molecule has 15 heavy (non-hydrogen) atoms. The van der Waals surface area contributed by atoms with Crippen LogP contribution in [-0.2, 0) is 12.2 Å². The molecule has 0 atom stereocenters. The number of hydrogen-bond donors (Lipinski definition) is 0. The van der Waals surface area contributed by atoms with Gasteiger partial charge in [-0.1, -0.05) is 42.5 Å². The van der Waals surface area contributed by atoms with Gasteiger partial charge in [-0.05, 0) is 29.2 Å². The predicted molar refractivity (Wildman–Crippen MR) is 65.3 cm³/mol. The van der Waals surface area contributed by atoms with Gasteiger partial charge in [0.05, 0.1) is 0 Å². The maximum absolute atomic E-state index is 2.25. The minimum Gasteiger partial charge on any atom is -0.121 e. The van der Waals surface area contributed by atoms with Crippen molar-refractivity contribution in [2.24, 2.45) is 0 Å². The first-order chi connectivity index (χ1) is 7.43. The molecule has 0 saturated carbocycles. The van der Waals surface area contributed by atoms with Gasteiger partial charge in [0.15, 0.2) is 0 Å². The lowest BCUT2D eigenvalue weighted by atomic mass is 10.0. The van der Waals surface area contributed by atoms with Gasteiger partial charge in [0.1, 0.15) is 0 Å². The average Bonchev–Trinajstić information content (AvgIpc) is 2.48. The molecule has 0 unspecified atom stereocenters. The molecule has 1 heterocycles. The van der Waals surface area contributed by atoms with Gasteiger partial charge in [-0.2, -0.15) is 0 Å². The van der Waals surface area contributed by atoms with Crippen molar-refractivity contribution in [3.8, 4) is 0 Å². The lowest BCUT2D eigenvalue weighted by Crippen LogP contribution is -1.90. The minimum atomic E-state index is 1.08. The normalized spacial score (nSPS) is 13.9. The fourth-order valence-corrected chi connectivity index (χ4v) is 3.12. The average molecular weight is 212 g/mol. The van der Waals surface area contributed by atoms with E-state index in [0.29, 0.717) is 0 Å². The Morgan fingerprint density at radius 2 is 1.40 bits per heavy atom. The summed E-state index contributed by atoms with van der Waals surface area (Å²) in [5.41, 5.74) is 4.43. The van der Waals surface area contributed by atoms with Gasteiger partial charge in [0.2, 0.25) is 0 Å². The van der Waals surface area contributed by atoms with E-state index < -0.39 is 0 Å². The summed E-state index contributed by atoms with van der Waals surface area (Å²) in [5, 5.41) is 0. The molecule has 0 saturated heterocycles. The van der Waals surface area contributed by atoms with Crippen LogP contribution < -0.4 is 0 Å². The molecular weight excluding hydrogens is 200 g/mol. The van der Waals surface area contributed by atoms with Crippen LogP contribution in [0.1, 0.15) is 16.7 Å². The van der Waals surface area contributed by atoms with E-state index in [1.54, 1.807) is 0 Å². The van der Waals surface area contributed by atoms with Crippen molar-refractivity contribution in [3.63, 3.8) is 0 Å². The summed E-state index contributed by atoms with van der Waals surface area (Å²) >= 11 is 1.95. The third kappa shape index (κ3) is 1.68. The van der Waals surface area contributed by atoms with Crippen molar-refractivity contribution in [2.45, 2.75) is 17.1 Å². The van der Waals surface area contributed by atoms with Crippen molar-refractivity contribution in [1.29, 1.82) is 0 Å². The molecule has 3 rings (SSSR count). The van der Waals surface area contributed by atoms with Crippen LogP contribution in [0.5, 0.6) is 0 Å². The zero-order chi connectivity index (χ0) is 10.1. The van der Waals surface area contributed by atoms with Crippen molar-refractivity contribution >= 4 is 11.8 Å². The van der Waals surface area contributed by atoms with Crippen LogP contribution in [0, 0.1) is 0 Å². The Morgan fingerprint density at radius 3 is 2.27 bits per heavy atom. The Morgan fingerprint density at radius 1 is 0.733 bits per heavy atom. The molecule has 0 bridgehead atoms. The maximum atomic E-state index is 2.25. The zero-order valence-corrected chi connectivity index (χ0v) is 9.26. The van der Waals surface area contributed by atoms with Crippen LogP contribution >= 0.6 is 11.8 Å². The fourth-order valence-electron chi connectivity index (χ4n) is 2.02. The van der Waals surface area contributed by atoms with Gasteiger partial charge >= 0.3 is 0 Å². The van der Waals surface area contributed by atoms with Crippen molar-refractivity contribution < 1.29 is 0 Å². The molecule has 1 aliphatic heterocycles. The van der Waals surface area contributed by atoms with E-state index in [0.717, 1.165) is 12.2 Å². The van der Waals surface area contributed by atoms with E-state index in [4.69, 9.17) is 0 Å². The van der Waals surface area contributed by atoms with Gasteiger partial charge in [0.25, 0.3) is 0 Å². The van der Waals surface area contributed by atoms with Gasteiger partial charge in [-0.25, -0.2) is 0 Å². The van der Waals surface area contributed by atoms with Crippen molar-refractivity contribution in [3.05, 3.63) is 65.2 Å². The van der Waals surface area contributed by atoms with Crippen LogP contribution in [0.15, 0.2) is 53.4 Å². The second kappa shape index (κ2) is 3.74. The lowest BCUT2D eigenvalue weighted by Gasteiger charge is -2.04. The number of benzene rings is 2. The van der Waals surface area contributed by atoms with Crippen LogP contribution in [0.4, 0.5) is 0 Å². The summed E-state index contributed by atoms with van der Waals surface area (Å²) in [4.78, 5) is 1.44. The van der Waals surface area contributed by atoms with Gasteiger partial charge in [-0.15, -0.1) is 11.8 Å². The quantitative estimate of drug-likeness (QED) is 0.638. The van der Waals surface area contributed by atoms with E-state index in [1.807, 2.05) is 11.8 Å². The van der Waals surface area contributed by atoms with Gasteiger partial charge in [0, 0.05) is 10.6 Å². The summed E-state index contributed by atoms with van der Waals surface area (Å²) in [7, 11) is 0. The monoisotopic (exact) mass is 212 g/mol. The molecule has 0 spiro atoms. The summed E-state index contributed by atoms with van der Waals surface area (Å²) < 4.78 is 0. The molecule has 2 aromatic carbocycles. The number of fused-ring (bicyclic) bond motifs is 2. The van der Waals surface area contributed by atoms with Crippen LogP contribution in [0.25, 0.3) is 0 Å². The molecule has 74 valence electrons. The molecule has 1 aliphatic rings. The molecular formula is C14H12S. The Labute approximate surface area is 94.3 Å². The van der Waals surface area contributed by atoms with Crippen LogP contribution in [-0.4, -0.2) is 0 Å². The van der Waals surface area contributed by atoms with E-state index in [2.05, 4.69) is 48.5 Å². The van der Waals surface area contributed by atoms with Gasteiger partial charge in [-0.3, -0.25) is 0 Å². The zero-order valence-electron chi connectivity index (χ0n) is 8.44. The fraction of sp³-hybridized carbons (Fsp3) is 0.143. The molecule has 0 amide bonds. The van der Waals surface area contributed by atoms with E-state index in [-0.39, 0.29) is 0 Å². The Balaban J connectivity index is 2.10. The molecule has 0 aliphatic carbocycles. The lowest BCUT2D eigenvalue weighted by molar-refractivity contribution is 1.12. The third-order valence-electron chi connectivity index (χ3n) is 2.86. The first kappa shape index (κ1) is 9.05. The predicted octanol–water partition coefficient (Wildman–Crippen LogP) is 3.88. The summed E-state index contributed by atoms with van der Waals surface area (Å²) in [6, 6.07) is 17.5. The van der Waals surface area contributed by atoms with E-state index in [1.165, 1.54) is 21.6 Å². The number of rotatable bonds is 0. The Hall–Kier alpha value is -1.21. The number of thioether (sulfide) groups is 1. The first-order valence-corrected chi connectivity index (χ1v) is 6.19. The molecule has 1 heteroatoms. The van der Waals surface area contributed by atoms with Crippen molar-refractivity contribution in [2.75, 3.05) is 0 Å². The van der Waals surface area contributed by atoms with E-state index in [9.17, 15) is 0 Å². The molecule has 0 radical (unpaired) electrons. The molecule has 0 aromatic heterocycles. The molecule has 2 aromatic rings. The molecule has 0 nitrogen and oxygen atoms in total. The Kier molecular flexibility index (Phi) is 2.26. The highest BCUT2D eigenvalue weighted by Crippen LogP contribution is 2.33. The second-order valence-corrected chi connectivity index (χ2v) is 4.86. The first-order valence-electron chi connectivity index (χ1n) is 5.21. The third-order valence-corrected chi connectivity index (χ3v) is 4.02. The Bertz CT molecular complexity index is 443. The van der Waals surface area contributed by atoms with Crippen molar-refractivity contribution in [1.82, 2.24) is 0 Å². The number of hydrogen-bond acceptors (Lipinski definition) is 1. The SMILES string of the molecule is c1ccc2c(c1)CSc1ccccc1C2. The highest BCUT2D eigenvalue weighted by atomic mass is 32.2. The molecule has 0 fully saturated rings. The maximum Gasteiger partial charge on any atom is 0.0234 e. The smallest absolute Gasteiger partial charge is 0.0234 e. The van der Waals surface area contributed by atoms with Gasteiger partial charge < -0.3 is 0 Å². The summed E-state index contributed by atoms with van der Waals surface area (Å²) in [5.74, 6) is 1.10. The standard InChI is InChI=1S/C14H12S/c1-2-7-13-10-15-14-8-4-3-6-12(14)9-11(13)5-1/h1-8H,9-10H2. The second-order valence-electron chi connectivity index (χ2n) is 3.84. The van der Waals surface area contributed by atoms with Crippen LogP contribution in [0.3, 0.4) is 0 Å². The largest absolute Gasteiger partial charge is 0.121 e. The summed E-state index contributed by atoms with van der Waals surface area (Å²) in [6.07, 6.45) is 1.08.